The van der Waals surface area contributed by atoms with Crippen LogP contribution >= 0.6 is 11.3 Å². The Bertz CT molecular complexity index is 525. The van der Waals surface area contributed by atoms with Crippen molar-refractivity contribution in [3.05, 3.63) is 10.6 Å². The number of rotatable bonds is 1. The van der Waals surface area contributed by atoms with Gasteiger partial charge in [0.05, 0.1) is 5.69 Å². The lowest BCUT2D eigenvalue weighted by Gasteiger charge is -2.32. The first-order valence-corrected chi connectivity index (χ1v) is 8.03. The summed E-state index contributed by atoms with van der Waals surface area (Å²) in [4.78, 5) is 19.7. The number of thiazole rings is 1. The number of hydrogen-bond acceptors (Lipinski definition) is 5. The minimum Gasteiger partial charge on any atom is -0.354 e. The van der Waals surface area contributed by atoms with Crippen LogP contribution in [0.25, 0.3) is 0 Å². The summed E-state index contributed by atoms with van der Waals surface area (Å²) in [5.41, 5.74) is 7.70. The fraction of sp³-hybridized carbons (Fsp3) is 0.714. The number of carbonyl (C=O) groups is 1. The van der Waals surface area contributed by atoms with Crippen molar-refractivity contribution in [3.8, 4) is 0 Å². The zero-order chi connectivity index (χ0) is 14.3. The Balaban J connectivity index is 1.84. The highest BCUT2D eigenvalue weighted by Gasteiger charge is 2.34. The van der Waals surface area contributed by atoms with Crippen LogP contribution in [0.4, 0.5) is 5.13 Å². The minimum absolute atomic E-state index is 0.103. The average Bonchev–Trinajstić information content (AvgIpc) is 2.63. The van der Waals surface area contributed by atoms with Gasteiger partial charge in [-0.15, -0.1) is 0 Å². The molecule has 6 heteroatoms. The molecular weight excluding hydrogens is 272 g/mol. The number of carbonyl (C=O) groups excluding carboxylic acids is 1. The maximum atomic E-state index is 11.4. The van der Waals surface area contributed by atoms with Gasteiger partial charge < -0.3 is 16.0 Å². The van der Waals surface area contributed by atoms with Gasteiger partial charge in [-0.05, 0) is 18.3 Å². The fourth-order valence-electron chi connectivity index (χ4n) is 3.07. The van der Waals surface area contributed by atoms with Crippen molar-refractivity contribution in [3.63, 3.8) is 0 Å². The fourth-order valence-corrected chi connectivity index (χ4v) is 4.21. The van der Waals surface area contributed by atoms with Gasteiger partial charge in [0.25, 0.3) is 0 Å². The Hall–Kier alpha value is -1.14. The predicted molar refractivity (Wildman–Crippen MR) is 81.0 cm³/mol. The highest BCUT2D eigenvalue weighted by molar-refractivity contribution is 7.15. The molecule has 5 nitrogen and oxygen atoms in total. The summed E-state index contributed by atoms with van der Waals surface area (Å²) < 4.78 is 0. The molecule has 20 heavy (non-hydrogen) atoms. The van der Waals surface area contributed by atoms with Crippen molar-refractivity contribution in [2.45, 2.75) is 39.2 Å². The van der Waals surface area contributed by atoms with Crippen LogP contribution in [0.15, 0.2) is 0 Å². The molecule has 2 heterocycles. The van der Waals surface area contributed by atoms with Crippen molar-refractivity contribution in [1.82, 2.24) is 10.3 Å². The maximum Gasteiger partial charge on any atom is 0.221 e. The Morgan fingerprint density at radius 2 is 2.25 bits per heavy atom. The summed E-state index contributed by atoms with van der Waals surface area (Å²) >= 11 is 1.71. The van der Waals surface area contributed by atoms with Crippen LogP contribution in [0, 0.1) is 5.41 Å². The number of hydrogen-bond donors (Lipinski definition) is 2. The van der Waals surface area contributed by atoms with Crippen LogP contribution in [0.5, 0.6) is 0 Å². The SMILES string of the molecule is CC1(C)Cc2nc(N3CCNC(=O)CC3)sc2C(N)C1. The number of nitrogens with zero attached hydrogens (tertiary/aromatic N) is 2. The van der Waals surface area contributed by atoms with Crippen molar-refractivity contribution >= 4 is 22.4 Å². The number of amides is 1. The molecule has 0 saturated carbocycles. The Kier molecular flexibility index (Phi) is 3.46. The van der Waals surface area contributed by atoms with Gasteiger partial charge in [0, 0.05) is 37.0 Å². The number of aromatic nitrogens is 1. The normalized spacial score (nSPS) is 25.9. The second-order valence-corrected chi connectivity index (χ2v) is 7.56. The Morgan fingerprint density at radius 1 is 1.45 bits per heavy atom. The monoisotopic (exact) mass is 294 g/mol. The number of nitrogens with one attached hydrogen (secondary N) is 1. The summed E-state index contributed by atoms with van der Waals surface area (Å²) in [6.45, 7) is 6.78. The smallest absolute Gasteiger partial charge is 0.221 e. The molecule has 1 aliphatic heterocycles. The van der Waals surface area contributed by atoms with Crippen molar-refractivity contribution in [2.24, 2.45) is 11.1 Å². The third-order valence-electron chi connectivity index (χ3n) is 4.05. The van der Waals surface area contributed by atoms with Gasteiger partial charge in [-0.1, -0.05) is 25.2 Å². The molecule has 0 spiro atoms. The van der Waals surface area contributed by atoms with Crippen LogP contribution < -0.4 is 16.0 Å². The van der Waals surface area contributed by atoms with Gasteiger partial charge in [0.15, 0.2) is 5.13 Å². The highest BCUT2D eigenvalue weighted by atomic mass is 32.1. The van der Waals surface area contributed by atoms with E-state index in [1.807, 2.05) is 0 Å². The van der Waals surface area contributed by atoms with E-state index >= 15 is 0 Å². The summed E-state index contributed by atoms with van der Waals surface area (Å²) in [6, 6.07) is 0.103. The first-order chi connectivity index (χ1) is 9.44. The van der Waals surface area contributed by atoms with E-state index in [0.717, 1.165) is 36.8 Å². The van der Waals surface area contributed by atoms with E-state index in [1.54, 1.807) is 11.3 Å². The Morgan fingerprint density at radius 3 is 3.05 bits per heavy atom. The molecule has 1 fully saturated rings. The maximum absolute atomic E-state index is 11.4. The largest absolute Gasteiger partial charge is 0.354 e. The highest BCUT2D eigenvalue weighted by Crippen LogP contribution is 2.43. The molecule has 0 bridgehead atoms. The van der Waals surface area contributed by atoms with Crippen molar-refractivity contribution in [2.75, 3.05) is 24.5 Å². The first-order valence-electron chi connectivity index (χ1n) is 7.21. The van der Waals surface area contributed by atoms with E-state index in [2.05, 4.69) is 24.1 Å². The molecule has 1 unspecified atom stereocenters. The van der Waals surface area contributed by atoms with Crippen LogP contribution in [-0.4, -0.2) is 30.5 Å². The molecule has 3 rings (SSSR count). The quantitative estimate of drug-likeness (QED) is 0.822. The zero-order valence-electron chi connectivity index (χ0n) is 12.1. The van der Waals surface area contributed by atoms with Gasteiger partial charge in [0.2, 0.25) is 5.91 Å². The van der Waals surface area contributed by atoms with Gasteiger partial charge in [-0.25, -0.2) is 4.98 Å². The summed E-state index contributed by atoms with van der Waals surface area (Å²) in [5.74, 6) is 0.131. The topological polar surface area (TPSA) is 71.2 Å². The molecule has 3 N–H and O–H groups in total. The second-order valence-electron chi connectivity index (χ2n) is 6.55. The molecule has 1 atom stereocenters. The number of anilines is 1. The van der Waals surface area contributed by atoms with Crippen LogP contribution in [0.2, 0.25) is 0 Å². The zero-order valence-corrected chi connectivity index (χ0v) is 12.9. The average molecular weight is 294 g/mol. The lowest BCUT2D eigenvalue weighted by Crippen LogP contribution is -2.29. The molecule has 2 aliphatic rings. The molecule has 1 aliphatic carbocycles. The Labute approximate surface area is 123 Å². The lowest BCUT2D eigenvalue weighted by molar-refractivity contribution is -0.120. The second kappa shape index (κ2) is 5.00. The van der Waals surface area contributed by atoms with E-state index in [9.17, 15) is 4.79 Å². The van der Waals surface area contributed by atoms with Gasteiger partial charge >= 0.3 is 0 Å². The van der Waals surface area contributed by atoms with E-state index in [4.69, 9.17) is 10.7 Å². The summed E-state index contributed by atoms with van der Waals surface area (Å²) in [5, 5.41) is 3.93. The van der Waals surface area contributed by atoms with Crippen LogP contribution in [-0.2, 0) is 11.2 Å². The van der Waals surface area contributed by atoms with Crippen LogP contribution in [0.1, 0.15) is 43.3 Å². The van der Waals surface area contributed by atoms with E-state index in [1.165, 1.54) is 4.88 Å². The van der Waals surface area contributed by atoms with E-state index in [0.29, 0.717) is 13.0 Å². The molecule has 1 amide bonds. The van der Waals surface area contributed by atoms with Gasteiger partial charge in [-0.3, -0.25) is 4.79 Å². The standard InChI is InChI=1S/C14H22N4OS/c1-14(2)7-9(15)12-10(8-14)17-13(20-12)18-5-3-11(19)16-4-6-18/h9H,3-8,15H2,1-2H3,(H,16,19). The third-order valence-corrected chi connectivity index (χ3v) is 5.35. The number of nitrogens with two attached hydrogens (primary N) is 1. The van der Waals surface area contributed by atoms with E-state index in [-0.39, 0.29) is 17.4 Å². The van der Waals surface area contributed by atoms with Crippen LogP contribution in [0.3, 0.4) is 0 Å². The lowest BCUT2D eigenvalue weighted by atomic mass is 9.77. The molecule has 1 saturated heterocycles. The first kappa shape index (κ1) is 13.8. The van der Waals surface area contributed by atoms with Crippen molar-refractivity contribution < 1.29 is 4.79 Å². The summed E-state index contributed by atoms with van der Waals surface area (Å²) in [7, 11) is 0. The summed E-state index contributed by atoms with van der Waals surface area (Å²) in [6.07, 6.45) is 2.56. The van der Waals surface area contributed by atoms with Gasteiger partial charge in [0.1, 0.15) is 0 Å². The molecular formula is C14H22N4OS. The molecule has 0 aromatic carbocycles. The molecule has 1 aromatic heterocycles. The van der Waals surface area contributed by atoms with E-state index < -0.39 is 0 Å². The number of fused-ring (bicyclic) bond motifs is 1. The molecule has 0 radical (unpaired) electrons. The predicted octanol–water partition coefficient (Wildman–Crippen LogP) is 1.44. The third kappa shape index (κ3) is 2.67. The molecule has 110 valence electrons. The molecule has 1 aromatic rings. The van der Waals surface area contributed by atoms with Gasteiger partial charge in [-0.2, -0.15) is 0 Å². The van der Waals surface area contributed by atoms with Crippen molar-refractivity contribution in [1.29, 1.82) is 0 Å². The minimum atomic E-state index is 0.103.